The quantitative estimate of drug-likeness (QED) is 0.795. The predicted octanol–water partition coefficient (Wildman–Crippen LogP) is 2.63. The van der Waals surface area contributed by atoms with E-state index >= 15 is 0 Å². The average molecular weight is 317 g/mol. The van der Waals surface area contributed by atoms with E-state index in [0.717, 1.165) is 11.6 Å². The first kappa shape index (κ1) is 15.0. The van der Waals surface area contributed by atoms with Crippen LogP contribution in [0.2, 0.25) is 0 Å². The molecule has 0 bridgehead atoms. The van der Waals surface area contributed by atoms with Crippen molar-refractivity contribution >= 4 is 15.7 Å². The lowest BCUT2D eigenvalue weighted by Gasteiger charge is -2.07. The van der Waals surface area contributed by atoms with Gasteiger partial charge in [0.2, 0.25) is 0 Å². The van der Waals surface area contributed by atoms with E-state index in [9.17, 15) is 8.42 Å². The molecule has 5 nitrogen and oxygen atoms in total. The highest BCUT2D eigenvalue weighted by molar-refractivity contribution is 7.91. The van der Waals surface area contributed by atoms with Crippen LogP contribution in [0.15, 0.2) is 47.5 Å². The zero-order chi connectivity index (χ0) is 15.4. The van der Waals surface area contributed by atoms with Crippen LogP contribution < -0.4 is 5.32 Å². The van der Waals surface area contributed by atoms with Gasteiger partial charge in [-0.15, -0.1) is 0 Å². The van der Waals surface area contributed by atoms with E-state index in [2.05, 4.69) is 15.3 Å². The second-order valence-electron chi connectivity index (χ2n) is 5.49. The Hall–Kier alpha value is -1.95. The van der Waals surface area contributed by atoms with Crippen LogP contribution in [0.1, 0.15) is 31.0 Å². The second-order valence-corrected chi connectivity index (χ2v) is 7.60. The molecule has 22 heavy (non-hydrogen) atoms. The van der Waals surface area contributed by atoms with Gasteiger partial charge in [0, 0.05) is 18.7 Å². The number of aromatic nitrogens is 2. The third-order valence-electron chi connectivity index (χ3n) is 3.61. The molecule has 0 radical (unpaired) electrons. The molecule has 116 valence electrons. The molecule has 0 saturated heterocycles. The molecule has 0 unspecified atom stereocenters. The minimum Gasteiger partial charge on any atom is -0.370 e. The smallest absolute Gasteiger partial charge is 0.178 e. The summed E-state index contributed by atoms with van der Waals surface area (Å²) >= 11 is 0. The third kappa shape index (κ3) is 3.82. The summed E-state index contributed by atoms with van der Waals surface area (Å²) < 4.78 is 24.3. The van der Waals surface area contributed by atoms with Crippen molar-refractivity contribution in [2.45, 2.75) is 30.1 Å². The van der Waals surface area contributed by atoms with Crippen LogP contribution in [-0.4, -0.2) is 30.7 Å². The summed E-state index contributed by atoms with van der Waals surface area (Å²) in [4.78, 5) is 9.10. The van der Waals surface area contributed by atoms with Gasteiger partial charge in [0.1, 0.15) is 11.6 Å². The molecule has 1 saturated carbocycles. The van der Waals surface area contributed by atoms with Crippen LogP contribution in [0.5, 0.6) is 0 Å². The van der Waals surface area contributed by atoms with Crippen LogP contribution in [0.25, 0.3) is 0 Å². The number of nitrogens with zero attached hydrogens (tertiary/aromatic N) is 2. The van der Waals surface area contributed by atoms with E-state index in [0.29, 0.717) is 23.8 Å². The van der Waals surface area contributed by atoms with Gasteiger partial charge in [-0.3, -0.25) is 0 Å². The van der Waals surface area contributed by atoms with Crippen LogP contribution >= 0.6 is 0 Å². The minimum atomic E-state index is -3.20. The van der Waals surface area contributed by atoms with Gasteiger partial charge in [0.05, 0.1) is 10.6 Å². The summed E-state index contributed by atoms with van der Waals surface area (Å²) in [5.41, 5.74) is 0. The van der Waals surface area contributed by atoms with E-state index in [1.807, 2.05) is 12.1 Å². The number of nitrogens with one attached hydrogen (secondary N) is 1. The Morgan fingerprint density at radius 1 is 1.14 bits per heavy atom. The van der Waals surface area contributed by atoms with Crippen molar-refractivity contribution < 1.29 is 8.42 Å². The molecule has 0 atom stereocenters. The molecule has 1 aliphatic carbocycles. The molecular weight excluding hydrogens is 298 g/mol. The Morgan fingerprint density at radius 3 is 2.64 bits per heavy atom. The van der Waals surface area contributed by atoms with Crippen LogP contribution in [0.3, 0.4) is 0 Å². The molecule has 2 aromatic rings. The summed E-state index contributed by atoms with van der Waals surface area (Å²) in [7, 11) is -3.20. The molecular formula is C16H19N3O2S. The van der Waals surface area contributed by atoms with Crippen LogP contribution in [0, 0.1) is 0 Å². The molecule has 1 N–H and O–H groups in total. The lowest BCUT2D eigenvalue weighted by atomic mass is 10.4. The SMILES string of the molecule is O=S(=O)(CCCNc1ccnc(C2CC2)n1)c1ccccc1. The molecule has 1 fully saturated rings. The van der Waals surface area contributed by atoms with E-state index in [-0.39, 0.29) is 5.75 Å². The molecule has 1 aromatic carbocycles. The maximum atomic E-state index is 12.1. The Morgan fingerprint density at radius 2 is 1.91 bits per heavy atom. The number of anilines is 1. The van der Waals surface area contributed by atoms with Crippen LogP contribution in [-0.2, 0) is 9.84 Å². The maximum Gasteiger partial charge on any atom is 0.178 e. The summed E-state index contributed by atoms with van der Waals surface area (Å²) in [6.45, 7) is 0.577. The number of hydrogen-bond donors (Lipinski definition) is 1. The van der Waals surface area contributed by atoms with Crippen LogP contribution in [0.4, 0.5) is 5.82 Å². The first-order valence-corrected chi connectivity index (χ1v) is 9.15. The van der Waals surface area contributed by atoms with Crippen molar-refractivity contribution in [1.29, 1.82) is 0 Å². The van der Waals surface area contributed by atoms with E-state index in [4.69, 9.17) is 0 Å². The van der Waals surface area contributed by atoms with Gasteiger partial charge in [-0.05, 0) is 37.5 Å². The molecule has 1 aromatic heterocycles. The predicted molar refractivity (Wildman–Crippen MR) is 85.6 cm³/mol. The summed E-state index contributed by atoms with van der Waals surface area (Å²) in [6, 6.07) is 10.4. The van der Waals surface area contributed by atoms with E-state index in [1.54, 1.807) is 30.5 Å². The minimum absolute atomic E-state index is 0.130. The van der Waals surface area contributed by atoms with Gasteiger partial charge < -0.3 is 5.32 Å². The maximum absolute atomic E-state index is 12.1. The first-order chi connectivity index (χ1) is 10.6. The fraction of sp³-hybridized carbons (Fsp3) is 0.375. The Bertz CT molecular complexity index is 728. The van der Waals surface area contributed by atoms with E-state index < -0.39 is 9.84 Å². The van der Waals surface area contributed by atoms with Crippen molar-refractivity contribution in [2.24, 2.45) is 0 Å². The summed E-state index contributed by atoms with van der Waals surface area (Å²) in [6.07, 6.45) is 4.63. The van der Waals surface area contributed by atoms with Gasteiger partial charge in [0.25, 0.3) is 0 Å². The fourth-order valence-corrected chi connectivity index (χ4v) is 3.57. The molecule has 0 amide bonds. The molecule has 0 spiro atoms. The number of rotatable bonds is 7. The monoisotopic (exact) mass is 317 g/mol. The highest BCUT2D eigenvalue weighted by Gasteiger charge is 2.26. The summed E-state index contributed by atoms with van der Waals surface area (Å²) in [5, 5.41) is 3.18. The highest BCUT2D eigenvalue weighted by Crippen LogP contribution is 2.37. The topological polar surface area (TPSA) is 72.0 Å². The Kier molecular flexibility index (Phi) is 4.38. The van der Waals surface area contributed by atoms with Crippen molar-refractivity contribution in [3.05, 3.63) is 48.4 Å². The number of hydrogen-bond acceptors (Lipinski definition) is 5. The molecule has 6 heteroatoms. The molecule has 1 aliphatic rings. The molecule has 1 heterocycles. The zero-order valence-corrected chi connectivity index (χ0v) is 13.1. The van der Waals surface area contributed by atoms with Gasteiger partial charge in [-0.2, -0.15) is 0 Å². The lowest BCUT2D eigenvalue weighted by molar-refractivity contribution is 0.594. The molecule has 3 rings (SSSR count). The van der Waals surface area contributed by atoms with Gasteiger partial charge in [0.15, 0.2) is 9.84 Å². The van der Waals surface area contributed by atoms with Crippen molar-refractivity contribution in [1.82, 2.24) is 9.97 Å². The normalized spacial score (nSPS) is 14.7. The fourth-order valence-electron chi connectivity index (χ4n) is 2.23. The van der Waals surface area contributed by atoms with Crippen molar-refractivity contribution in [3.8, 4) is 0 Å². The van der Waals surface area contributed by atoms with Gasteiger partial charge in [-0.25, -0.2) is 18.4 Å². The Balaban J connectivity index is 1.50. The lowest BCUT2D eigenvalue weighted by Crippen LogP contribution is -2.12. The van der Waals surface area contributed by atoms with Gasteiger partial charge >= 0.3 is 0 Å². The van der Waals surface area contributed by atoms with Crippen molar-refractivity contribution in [3.63, 3.8) is 0 Å². The average Bonchev–Trinajstić information content (AvgIpc) is 3.38. The standard InChI is InChI=1S/C16H19N3O2S/c20-22(21,14-5-2-1-3-6-14)12-4-10-17-15-9-11-18-16(19-15)13-7-8-13/h1-3,5-6,9,11,13H,4,7-8,10,12H2,(H,17,18,19). The number of sulfone groups is 1. The second kappa shape index (κ2) is 6.44. The van der Waals surface area contributed by atoms with E-state index in [1.165, 1.54) is 12.8 Å². The van der Waals surface area contributed by atoms with Crippen molar-refractivity contribution in [2.75, 3.05) is 17.6 Å². The Labute approximate surface area is 130 Å². The molecule has 0 aliphatic heterocycles. The number of benzene rings is 1. The zero-order valence-electron chi connectivity index (χ0n) is 12.3. The largest absolute Gasteiger partial charge is 0.370 e. The summed E-state index contributed by atoms with van der Waals surface area (Å²) in [5.74, 6) is 2.31. The third-order valence-corrected chi connectivity index (χ3v) is 5.43. The van der Waals surface area contributed by atoms with Gasteiger partial charge in [-0.1, -0.05) is 18.2 Å². The first-order valence-electron chi connectivity index (χ1n) is 7.50. The highest BCUT2D eigenvalue weighted by atomic mass is 32.2.